The molecule has 0 radical (unpaired) electrons. The average Bonchev–Trinajstić information content (AvgIpc) is 3.45. The quantitative estimate of drug-likeness (QED) is 0.517. The number of anilines is 1. The van der Waals surface area contributed by atoms with Crippen LogP contribution in [0.3, 0.4) is 0 Å². The number of carbonyl (C=O) groups excluding carboxylic acids is 1. The highest BCUT2D eigenvalue weighted by molar-refractivity contribution is 7.09. The van der Waals surface area contributed by atoms with Crippen molar-refractivity contribution >= 4 is 22.9 Å². The first-order valence-corrected chi connectivity index (χ1v) is 11.1. The Kier molecular flexibility index (Phi) is 7.13. The molecule has 1 amide bonds. The molecule has 2 aromatic carbocycles. The second-order valence-corrected chi connectivity index (χ2v) is 8.38. The van der Waals surface area contributed by atoms with Crippen molar-refractivity contribution in [1.82, 2.24) is 4.90 Å². The molecule has 0 saturated carbocycles. The summed E-state index contributed by atoms with van der Waals surface area (Å²) in [4.78, 5) is 16.3. The highest BCUT2D eigenvalue weighted by Crippen LogP contribution is 2.29. The molecular weight excluding hydrogens is 396 g/mol. The summed E-state index contributed by atoms with van der Waals surface area (Å²) in [5.41, 5.74) is 0.666. The van der Waals surface area contributed by atoms with Crippen molar-refractivity contribution in [3.8, 4) is 11.5 Å². The monoisotopic (exact) mass is 422 g/mol. The van der Waals surface area contributed by atoms with Crippen molar-refractivity contribution in [2.45, 2.75) is 25.5 Å². The predicted molar refractivity (Wildman–Crippen MR) is 120 cm³/mol. The number of hydrogen-bond donors (Lipinski definition) is 1. The SMILES string of the molecule is O=C(CN(Cc1cccs1)CC1CCCO1)Nc1ccccc1Oc1ccccc1. The number of nitrogens with zero attached hydrogens (tertiary/aromatic N) is 1. The van der Waals surface area contributed by atoms with Crippen LogP contribution in [0.25, 0.3) is 0 Å². The van der Waals surface area contributed by atoms with Gasteiger partial charge in [0.1, 0.15) is 5.75 Å². The first-order valence-electron chi connectivity index (χ1n) is 10.2. The van der Waals surface area contributed by atoms with E-state index in [0.29, 0.717) is 18.0 Å². The Morgan fingerprint density at radius 2 is 1.93 bits per heavy atom. The van der Waals surface area contributed by atoms with Gasteiger partial charge in [-0.2, -0.15) is 0 Å². The molecule has 5 nitrogen and oxygen atoms in total. The van der Waals surface area contributed by atoms with Crippen molar-refractivity contribution in [3.05, 3.63) is 77.0 Å². The van der Waals surface area contributed by atoms with Crippen molar-refractivity contribution in [3.63, 3.8) is 0 Å². The molecular formula is C24H26N2O3S. The molecule has 1 saturated heterocycles. The van der Waals surface area contributed by atoms with Crippen molar-refractivity contribution in [1.29, 1.82) is 0 Å². The summed E-state index contributed by atoms with van der Waals surface area (Å²) in [6.07, 6.45) is 2.34. The topological polar surface area (TPSA) is 50.8 Å². The minimum atomic E-state index is -0.0614. The zero-order valence-corrected chi connectivity index (χ0v) is 17.6. The molecule has 1 atom stereocenters. The van der Waals surface area contributed by atoms with Gasteiger partial charge >= 0.3 is 0 Å². The van der Waals surface area contributed by atoms with E-state index >= 15 is 0 Å². The molecule has 2 heterocycles. The van der Waals surface area contributed by atoms with E-state index in [1.807, 2.05) is 60.7 Å². The molecule has 0 spiro atoms. The third kappa shape index (κ3) is 5.92. The maximum absolute atomic E-state index is 12.9. The Labute approximate surface area is 181 Å². The molecule has 156 valence electrons. The van der Waals surface area contributed by atoms with Crippen molar-refractivity contribution in [2.24, 2.45) is 0 Å². The van der Waals surface area contributed by atoms with Gasteiger partial charge < -0.3 is 14.8 Å². The smallest absolute Gasteiger partial charge is 0.238 e. The van der Waals surface area contributed by atoms with E-state index in [1.165, 1.54) is 4.88 Å². The number of carbonyl (C=O) groups is 1. The summed E-state index contributed by atoms with van der Waals surface area (Å²) in [5, 5.41) is 5.09. The maximum atomic E-state index is 12.9. The highest BCUT2D eigenvalue weighted by Gasteiger charge is 2.21. The van der Waals surface area contributed by atoms with Crippen molar-refractivity contribution in [2.75, 3.05) is 25.0 Å². The fraction of sp³-hybridized carbons (Fsp3) is 0.292. The Balaban J connectivity index is 1.41. The number of nitrogens with one attached hydrogen (secondary N) is 1. The minimum absolute atomic E-state index is 0.0614. The summed E-state index contributed by atoms with van der Waals surface area (Å²) < 4.78 is 11.8. The van der Waals surface area contributed by atoms with Crippen molar-refractivity contribution < 1.29 is 14.3 Å². The van der Waals surface area contributed by atoms with Crippen LogP contribution in [-0.2, 0) is 16.1 Å². The van der Waals surface area contributed by atoms with Crippen LogP contribution >= 0.6 is 11.3 Å². The summed E-state index contributed by atoms with van der Waals surface area (Å²) in [6, 6.07) is 21.2. The summed E-state index contributed by atoms with van der Waals surface area (Å²) >= 11 is 1.71. The summed E-state index contributed by atoms with van der Waals surface area (Å²) in [5.74, 6) is 1.30. The fourth-order valence-electron chi connectivity index (χ4n) is 3.55. The number of amides is 1. The molecule has 1 aromatic heterocycles. The van der Waals surface area contributed by atoms with Crippen LogP contribution < -0.4 is 10.1 Å². The number of thiophene rings is 1. The first kappa shape index (κ1) is 20.6. The van der Waals surface area contributed by atoms with Crippen LogP contribution in [0.1, 0.15) is 17.7 Å². The van der Waals surface area contributed by atoms with Crippen LogP contribution in [0.15, 0.2) is 72.1 Å². The van der Waals surface area contributed by atoms with Gasteiger partial charge in [0.15, 0.2) is 5.75 Å². The van der Waals surface area contributed by atoms with Gasteiger partial charge in [-0.15, -0.1) is 11.3 Å². The van der Waals surface area contributed by atoms with E-state index < -0.39 is 0 Å². The number of para-hydroxylation sites is 3. The number of hydrogen-bond acceptors (Lipinski definition) is 5. The number of rotatable bonds is 9. The predicted octanol–water partition coefficient (Wildman–Crippen LogP) is 5.16. The normalized spacial score (nSPS) is 16.0. The Hall–Kier alpha value is -2.67. The average molecular weight is 423 g/mol. The van der Waals surface area contributed by atoms with Gasteiger partial charge in [-0.3, -0.25) is 9.69 Å². The summed E-state index contributed by atoms with van der Waals surface area (Å²) in [7, 11) is 0. The number of ether oxygens (including phenoxy) is 2. The zero-order chi connectivity index (χ0) is 20.6. The van der Waals surface area contributed by atoms with Gasteiger partial charge in [0.25, 0.3) is 0 Å². The Bertz CT molecular complexity index is 925. The first-order chi connectivity index (χ1) is 14.8. The lowest BCUT2D eigenvalue weighted by Gasteiger charge is -2.24. The molecule has 1 N–H and O–H groups in total. The third-order valence-corrected chi connectivity index (χ3v) is 5.81. The molecule has 1 aliphatic rings. The Morgan fingerprint density at radius 3 is 2.70 bits per heavy atom. The molecule has 1 aliphatic heterocycles. The summed E-state index contributed by atoms with van der Waals surface area (Å²) in [6.45, 7) is 2.62. The lowest BCUT2D eigenvalue weighted by Crippen LogP contribution is -2.37. The standard InChI is InChI=1S/C24H26N2O3S/c27-24(18-26(16-20-10-6-14-28-20)17-21-11-7-15-30-21)25-22-12-4-5-13-23(22)29-19-8-2-1-3-9-19/h1-5,7-9,11-13,15,20H,6,10,14,16-18H2,(H,25,27). The van der Waals surface area contributed by atoms with Crippen LogP contribution in [0.5, 0.6) is 11.5 Å². The molecule has 0 aliphatic carbocycles. The van der Waals surface area contributed by atoms with E-state index in [1.54, 1.807) is 11.3 Å². The van der Waals surface area contributed by atoms with Crippen LogP contribution in [0.4, 0.5) is 5.69 Å². The van der Waals surface area contributed by atoms with E-state index in [4.69, 9.17) is 9.47 Å². The molecule has 1 fully saturated rings. The van der Waals surface area contributed by atoms with Gasteiger partial charge in [0.05, 0.1) is 18.3 Å². The molecule has 30 heavy (non-hydrogen) atoms. The van der Waals surface area contributed by atoms with Gasteiger partial charge in [0, 0.05) is 24.6 Å². The largest absolute Gasteiger partial charge is 0.455 e. The van der Waals surface area contributed by atoms with Gasteiger partial charge in [-0.25, -0.2) is 0 Å². The highest BCUT2D eigenvalue weighted by atomic mass is 32.1. The Morgan fingerprint density at radius 1 is 1.10 bits per heavy atom. The van der Waals surface area contributed by atoms with E-state index in [2.05, 4.69) is 21.7 Å². The third-order valence-electron chi connectivity index (χ3n) is 4.94. The molecule has 4 rings (SSSR count). The second kappa shape index (κ2) is 10.4. The van der Waals surface area contributed by atoms with Crippen LogP contribution in [0.2, 0.25) is 0 Å². The van der Waals surface area contributed by atoms with E-state index in [0.717, 1.165) is 38.3 Å². The van der Waals surface area contributed by atoms with Crippen LogP contribution in [0, 0.1) is 0 Å². The molecule has 1 unspecified atom stereocenters. The van der Waals surface area contributed by atoms with Gasteiger partial charge in [0.2, 0.25) is 5.91 Å². The fourth-order valence-corrected chi connectivity index (χ4v) is 4.30. The number of benzene rings is 2. The van der Waals surface area contributed by atoms with Gasteiger partial charge in [-0.05, 0) is 48.6 Å². The maximum Gasteiger partial charge on any atom is 0.238 e. The molecule has 0 bridgehead atoms. The van der Waals surface area contributed by atoms with Gasteiger partial charge in [-0.1, -0.05) is 36.4 Å². The second-order valence-electron chi connectivity index (χ2n) is 7.34. The molecule has 3 aromatic rings. The van der Waals surface area contributed by atoms with Crippen LogP contribution in [-0.4, -0.2) is 36.6 Å². The molecule has 6 heteroatoms. The zero-order valence-electron chi connectivity index (χ0n) is 16.8. The lowest BCUT2D eigenvalue weighted by atomic mass is 10.2. The van der Waals surface area contributed by atoms with E-state index in [9.17, 15) is 4.79 Å². The lowest BCUT2D eigenvalue weighted by molar-refractivity contribution is -0.117. The minimum Gasteiger partial charge on any atom is -0.455 e. The van der Waals surface area contributed by atoms with E-state index in [-0.39, 0.29) is 12.0 Å².